The summed E-state index contributed by atoms with van der Waals surface area (Å²) in [5.41, 5.74) is 1.00. The maximum absolute atomic E-state index is 11.4. The van der Waals surface area contributed by atoms with Gasteiger partial charge in [0.1, 0.15) is 5.76 Å². The molecule has 5 heteroatoms. The van der Waals surface area contributed by atoms with Crippen LogP contribution in [0.5, 0.6) is 0 Å². The maximum atomic E-state index is 11.4. The number of benzene rings is 2. The lowest BCUT2D eigenvalue weighted by Crippen LogP contribution is -3.61. The van der Waals surface area contributed by atoms with Crippen LogP contribution in [-0.2, 0) is 4.79 Å². The second-order valence-electron chi connectivity index (χ2n) is 4.68. The van der Waals surface area contributed by atoms with E-state index in [9.17, 15) is 9.90 Å². The molecule has 0 amide bonds. The largest absolute Gasteiger partial charge is 1.00 e. The molecule has 0 radical (unpaired) electrons. The Labute approximate surface area is 152 Å². The first-order valence-corrected chi connectivity index (χ1v) is 8.97. The van der Waals surface area contributed by atoms with E-state index in [1.54, 1.807) is 0 Å². The normalized spacial score (nSPS) is 11.7. The second-order valence-corrected chi connectivity index (χ2v) is 7.71. The Morgan fingerprint density at radius 2 is 1.57 bits per heavy atom. The molecule has 2 aromatic carbocycles. The summed E-state index contributed by atoms with van der Waals surface area (Å²) >= 11 is -0.183. The molecular weight excluding hydrogens is 425 g/mol. The predicted octanol–water partition coefficient (Wildman–Crippen LogP) is -2.06. The summed E-state index contributed by atoms with van der Waals surface area (Å²) in [7, 11) is 0. The molecule has 0 bridgehead atoms. The topological polar surface area (TPSA) is 49.7 Å². The Bertz CT molecular complexity index is 706. The third kappa shape index (κ3) is 6.15. The average Bonchev–Trinajstić information content (AvgIpc) is 2.49. The zero-order valence-corrected chi connectivity index (χ0v) is 15.7. The molecule has 0 fully saturated rings. The van der Waals surface area contributed by atoms with Gasteiger partial charge in [0.25, 0.3) is 0 Å². The molecule has 0 aliphatic rings. The van der Waals surface area contributed by atoms with Gasteiger partial charge in [-0.2, -0.15) is 0 Å². The van der Waals surface area contributed by atoms with Crippen LogP contribution in [0.25, 0.3) is 0 Å². The van der Waals surface area contributed by atoms with E-state index in [4.69, 9.17) is 0 Å². The number of nitrogens with zero attached hydrogens (tertiary/aromatic N) is 1. The summed E-state index contributed by atoms with van der Waals surface area (Å²) in [6, 6.07) is 18.4. The fraction of sp³-hybridized carbons (Fsp3) is 0.111. The molecule has 120 valence electrons. The summed E-state index contributed by atoms with van der Waals surface area (Å²) in [6.07, 6.45) is 1.42. The number of aliphatic hydroxyl groups excluding tert-OH is 1. The van der Waals surface area contributed by atoms with Crippen LogP contribution in [0.2, 0.25) is 0 Å². The third-order valence-corrected chi connectivity index (χ3v) is 5.57. The van der Waals surface area contributed by atoms with E-state index in [1.165, 1.54) is 27.2 Å². The molecule has 0 aliphatic carbocycles. The lowest BCUT2D eigenvalue weighted by molar-refractivity contribution is -0.597. The van der Waals surface area contributed by atoms with Crippen LogP contribution in [-0.4, -0.2) is 17.1 Å². The van der Waals surface area contributed by atoms with Crippen molar-refractivity contribution in [3.05, 3.63) is 73.1 Å². The van der Waals surface area contributed by atoms with Crippen molar-refractivity contribution in [1.82, 2.24) is 0 Å². The number of carbonyl (C=O) groups is 1. The molecule has 0 heterocycles. The van der Waals surface area contributed by atoms with Gasteiger partial charge in [0.15, 0.2) is 12.9 Å². The summed E-state index contributed by atoms with van der Waals surface area (Å²) in [4.78, 5) is 15.6. The molecule has 0 atom stereocenters. The summed E-state index contributed by atoms with van der Waals surface area (Å²) in [5.74, 6) is -0.210. The average molecular weight is 442 g/mol. The molecule has 0 saturated carbocycles. The minimum absolute atomic E-state index is 0. The molecule has 0 saturated heterocycles. The van der Waals surface area contributed by atoms with Crippen molar-refractivity contribution in [2.75, 3.05) is 0 Å². The lowest BCUT2D eigenvalue weighted by Gasteiger charge is -1.97. The number of hydrogen-bond acceptors (Lipinski definition) is 3. The van der Waals surface area contributed by atoms with Crippen LogP contribution in [0.15, 0.2) is 70.9 Å². The van der Waals surface area contributed by atoms with Gasteiger partial charge in [0.2, 0.25) is 0 Å². The fourth-order valence-corrected chi connectivity index (χ4v) is 3.99. The molecule has 2 aromatic rings. The maximum Gasteiger partial charge on any atom is 0.357 e. The van der Waals surface area contributed by atoms with Crippen molar-refractivity contribution in [3.8, 4) is 0 Å². The molecule has 3 nitrogen and oxygen atoms in total. The van der Waals surface area contributed by atoms with E-state index in [-0.39, 0.29) is 50.7 Å². The van der Waals surface area contributed by atoms with Crippen molar-refractivity contribution < 1.29 is 43.5 Å². The number of hydrogen-bond donors (Lipinski definition) is 1. The molecule has 0 spiro atoms. The van der Waals surface area contributed by atoms with E-state index < -0.39 is 0 Å². The van der Waals surface area contributed by atoms with Crippen LogP contribution in [0.1, 0.15) is 13.8 Å². The third-order valence-electron chi connectivity index (χ3n) is 2.89. The van der Waals surface area contributed by atoms with Crippen molar-refractivity contribution in [2.24, 2.45) is 4.99 Å². The van der Waals surface area contributed by atoms with Gasteiger partial charge < -0.3 is 17.5 Å². The van der Waals surface area contributed by atoms with Gasteiger partial charge in [0.05, 0.1) is 11.3 Å². The first-order chi connectivity index (χ1) is 10.6. The van der Waals surface area contributed by atoms with Crippen molar-refractivity contribution >= 4 is 17.7 Å². The minimum atomic E-state index is -0.199. The first kappa shape index (κ1) is 19.4. The second kappa shape index (κ2) is 9.47. The Morgan fingerprint density at radius 1 is 1.00 bits per heavy atom. The Morgan fingerprint density at radius 3 is 2.09 bits per heavy atom. The van der Waals surface area contributed by atoms with E-state index in [0.717, 1.165) is 5.69 Å². The van der Waals surface area contributed by atoms with E-state index in [2.05, 4.69) is 41.4 Å². The van der Waals surface area contributed by atoms with Crippen molar-refractivity contribution in [3.63, 3.8) is 0 Å². The SMILES string of the molecule is CC(=O)/C(C=Nc1ccc([I+]c2ccccc2)cc1)=C(/C)O.[Cl-]. The van der Waals surface area contributed by atoms with Gasteiger partial charge in [-0.25, -0.2) is 0 Å². The smallest absolute Gasteiger partial charge is 0.357 e. The Hall–Kier alpha value is -1.66. The van der Waals surface area contributed by atoms with Crippen LogP contribution in [0.3, 0.4) is 0 Å². The standard InChI is InChI=1S/C18H16INO2.ClH/c1-13(21)18(14(2)22)12-20-17-10-8-16(9-11-17)19-15-6-4-3-5-7-15;/h3-12H,1-2H3;1H. The number of Topliss-reactive ketones (excluding diaryl/α,β-unsaturated/α-hetero) is 1. The molecule has 0 aromatic heterocycles. The fourth-order valence-electron chi connectivity index (χ4n) is 1.77. The zero-order chi connectivity index (χ0) is 15.9. The van der Waals surface area contributed by atoms with E-state index >= 15 is 0 Å². The highest BCUT2D eigenvalue weighted by molar-refractivity contribution is 6.12. The number of ketones is 1. The first-order valence-electron chi connectivity index (χ1n) is 6.81. The molecule has 2 rings (SSSR count). The number of allylic oxidation sites excluding steroid dienone is 2. The Balaban J connectivity index is 0.00000264. The number of halogens is 2. The highest BCUT2D eigenvalue weighted by atomic mass is 127. The van der Waals surface area contributed by atoms with Gasteiger partial charge in [0, 0.05) is 6.21 Å². The molecular formula is C18H17ClINO2. The number of aliphatic imine (C=N–C) groups is 1. The number of aliphatic hydroxyl groups is 1. The molecule has 23 heavy (non-hydrogen) atoms. The van der Waals surface area contributed by atoms with Crippen LogP contribution in [0.4, 0.5) is 5.69 Å². The minimum Gasteiger partial charge on any atom is -1.00 e. The van der Waals surface area contributed by atoms with E-state index in [0.29, 0.717) is 0 Å². The van der Waals surface area contributed by atoms with Gasteiger partial charge in [-0.3, -0.25) is 9.79 Å². The highest BCUT2D eigenvalue weighted by Crippen LogP contribution is 2.10. The lowest BCUT2D eigenvalue weighted by atomic mass is 10.2. The summed E-state index contributed by atoms with van der Waals surface area (Å²) < 4.78 is 2.68. The molecule has 0 aliphatic heterocycles. The van der Waals surface area contributed by atoms with Gasteiger partial charge in [-0.15, -0.1) is 0 Å². The van der Waals surface area contributed by atoms with Gasteiger partial charge >= 0.3 is 21.2 Å². The van der Waals surface area contributed by atoms with Crippen LogP contribution >= 0.6 is 0 Å². The summed E-state index contributed by atoms with van der Waals surface area (Å²) in [5, 5.41) is 9.44. The monoisotopic (exact) mass is 441 g/mol. The molecule has 1 N–H and O–H groups in total. The number of carbonyl (C=O) groups excluding carboxylic acids is 1. The van der Waals surface area contributed by atoms with Crippen molar-refractivity contribution in [1.29, 1.82) is 0 Å². The number of rotatable bonds is 5. The molecule has 0 unspecified atom stereocenters. The van der Waals surface area contributed by atoms with Crippen molar-refractivity contribution in [2.45, 2.75) is 13.8 Å². The van der Waals surface area contributed by atoms with Crippen LogP contribution < -0.4 is 33.6 Å². The predicted molar refractivity (Wildman–Crippen MR) is 84.4 cm³/mol. The zero-order valence-electron chi connectivity index (χ0n) is 12.8. The quantitative estimate of drug-likeness (QED) is 0.251. The van der Waals surface area contributed by atoms with Gasteiger partial charge in [-0.05, 0) is 50.2 Å². The Kier molecular flexibility index (Phi) is 7.98. The van der Waals surface area contributed by atoms with E-state index in [1.807, 2.05) is 18.2 Å². The highest BCUT2D eigenvalue weighted by Gasteiger charge is 2.14. The van der Waals surface area contributed by atoms with Gasteiger partial charge in [-0.1, -0.05) is 18.2 Å². The van der Waals surface area contributed by atoms with Crippen LogP contribution in [0, 0.1) is 7.14 Å². The summed E-state index contributed by atoms with van der Waals surface area (Å²) in [6.45, 7) is 2.89.